The fourth-order valence-corrected chi connectivity index (χ4v) is 2.73. The molecule has 1 saturated carbocycles. The van der Waals surface area contributed by atoms with Crippen molar-refractivity contribution < 1.29 is 9.18 Å². The number of hydrogen-bond donors (Lipinski definition) is 1. The Morgan fingerprint density at radius 1 is 1.32 bits per heavy atom. The summed E-state index contributed by atoms with van der Waals surface area (Å²) >= 11 is 0. The summed E-state index contributed by atoms with van der Waals surface area (Å²) in [6, 6.07) is 6.40. The van der Waals surface area contributed by atoms with Crippen molar-refractivity contribution in [2.45, 2.75) is 44.9 Å². The molecule has 0 aliphatic heterocycles. The van der Waals surface area contributed by atoms with Crippen molar-refractivity contribution in [3.8, 4) is 0 Å². The molecule has 2 rings (SSSR count). The Kier molecular flexibility index (Phi) is 4.94. The molecule has 3 heteroatoms. The first-order valence-corrected chi connectivity index (χ1v) is 7.17. The van der Waals surface area contributed by atoms with Gasteiger partial charge in [0, 0.05) is 13.0 Å². The minimum Gasteiger partial charge on any atom is -0.356 e. The molecule has 0 saturated heterocycles. The fraction of sp³-hybridized carbons (Fsp3) is 0.562. The smallest absolute Gasteiger partial charge is 0.220 e. The van der Waals surface area contributed by atoms with Crippen LogP contribution in [0.3, 0.4) is 0 Å². The van der Waals surface area contributed by atoms with Gasteiger partial charge in [0.25, 0.3) is 0 Å². The zero-order valence-electron chi connectivity index (χ0n) is 11.5. The molecule has 0 spiro atoms. The van der Waals surface area contributed by atoms with E-state index in [9.17, 15) is 9.18 Å². The summed E-state index contributed by atoms with van der Waals surface area (Å²) in [5, 5.41) is 3.02. The van der Waals surface area contributed by atoms with Crippen LogP contribution in [0.5, 0.6) is 0 Å². The molecular formula is C16H22FNO. The molecule has 0 radical (unpaired) electrons. The molecule has 1 aliphatic rings. The van der Waals surface area contributed by atoms with Gasteiger partial charge in [-0.05, 0) is 42.4 Å². The zero-order chi connectivity index (χ0) is 13.7. The number of benzene rings is 1. The van der Waals surface area contributed by atoms with Crippen LogP contribution in [0.15, 0.2) is 24.3 Å². The number of halogens is 1. The molecule has 0 aromatic heterocycles. The first kappa shape index (κ1) is 14.0. The van der Waals surface area contributed by atoms with E-state index >= 15 is 0 Å². The summed E-state index contributed by atoms with van der Waals surface area (Å²) in [7, 11) is 0. The van der Waals surface area contributed by atoms with Crippen molar-refractivity contribution in [1.29, 1.82) is 0 Å². The number of amides is 1. The second-order valence-electron chi connectivity index (χ2n) is 5.61. The van der Waals surface area contributed by atoms with E-state index in [1.807, 2.05) is 6.92 Å². The Balaban J connectivity index is 1.76. The molecule has 1 aromatic carbocycles. The Bertz CT molecular complexity index is 409. The molecule has 0 heterocycles. The predicted octanol–water partition coefficient (Wildman–Crippen LogP) is 3.63. The van der Waals surface area contributed by atoms with Crippen LogP contribution in [-0.4, -0.2) is 12.5 Å². The minimum atomic E-state index is -0.235. The summed E-state index contributed by atoms with van der Waals surface area (Å²) in [6.45, 7) is 2.82. The van der Waals surface area contributed by atoms with Crippen molar-refractivity contribution >= 4 is 5.91 Å². The Morgan fingerprint density at radius 2 is 1.95 bits per heavy atom. The highest BCUT2D eigenvalue weighted by Gasteiger charge is 2.17. The Labute approximate surface area is 114 Å². The number of hydrogen-bond acceptors (Lipinski definition) is 1. The molecule has 1 fully saturated rings. The monoisotopic (exact) mass is 263 g/mol. The van der Waals surface area contributed by atoms with Crippen LogP contribution >= 0.6 is 0 Å². The maximum absolute atomic E-state index is 12.8. The van der Waals surface area contributed by atoms with Gasteiger partial charge in [0.15, 0.2) is 0 Å². The van der Waals surface area contributed by atoms with Crippen molar-refractivity contribution in [1.82, 2.24) is 5.32 Å². The highest BCUT2D eigenvalue weighted by molar-refractivity contribution is 5.76. The van der Waals surface area contributed by atoms with Gasteiger partial charge >= 0.3 is 0 Å². The number of nitrogens with one attached hydrogen (secondary N) is 1. The average molecular weight is 263 g/mol. The maximum atomic E-state index is 12.8. The van der Waals surface area contributed by atoms with E-state index < -0.39 is 0 Å². The lowest BCUT2D eigenvalue weighted by atomic mass is 9.97. The van der Waals surface area contributed by atoms with E-state index in [1.165, 1.54) is 37.8 Å². The van der Waals surface area contributed by atoms with Crippen LogP contribution in [-0.2, 0) is 4.79 Å². The molecule has 0 bridgehead atoms. The van der Waals surface area contributed by atoms with E-state index in [2.05, 4.69) is 5.32 Å². The normalized spacial score (nSPS) is 17.4. The van der Waals surface area contributed by atoms with Gasteiger partial charge in [0.05, 0.1) is 0 Å². The Morgan fingerprint density at radius 3 is 2.58 bits per heavy atom. The summed E-state index contributed by atoms with van der Waals surface area (Å²) in [6.07, 6.45) is 5.55. The van der Waals surface area contributed by atoms with Crippen LogP contribution in [0.2, 0.25) is 0 Å². The van der Waals surface area contributed by atoms with Crippen LogP contribution in [0.25, 0.3) is 0 Å². The van der Waals surface area contributed by atoms with Crippen molar-refractivity contribution in [3.63, 3.8) is 0 Å². The third kappa shape index (κ3) is 4.34. The highest BCUT2D eigenvalue weighted by Crippen LogP contribution is 2.24. The van der Waals surface area contributed by atoms with Gasteiger partial charge in [-0.25, -0.2) is 4.39 Å². The lowest BCUT2D eigenvalue weighted by Crippen LogP contribution is -2.29. The summed E-state index contributed by atoms with van der Waals surface area (Å²) in [4.78, 5) is 11.9. The van der Waals surface area contributed by atoms with Crippen LogP contribution in [0, 0.1) is 11.7 Å². The summed E-state index contributed by atoms with van der Waals surface area (Å²) in [5.41, 5.74) is 1.01. The van der Waals surface area contributed by atoms with Crippen molar-refractivity contribution in [3.05, 3.63) is 35.6 Å². The minimum absolute atomic E-state index is 0.101. The second-order valence-corrected chi connectivity index (χ2v) is 5.61. The van der Waals surface area contributed by atoms with E-state index in [1.54, 1.807) is 12.1 Å². The lowest BCUT2D eigenvalue weighted by Gasteiger charge is -2.14. The van der Waals surface area contributed by atoms with Crippen LogP contribution in [0.1, 0.15) is 50.5 Å². The third-order valence-corrected chi connectivity index (χ3v) is 3.99. The van der Waals surface area contributed by atoms with Gasteiger partial charge in [-0.3, -0.25) is 4.79 Å². The fourth-order valence-electron chi connectivity index (χ4n) is 2.73. The lowest BCUT2D eigenvalue weighted by molar-refractivity contribution is -0.121. The standard InChI is InChI=1S/C16H22FNO/c1-12(14-6-8-15(17)9-7-14)10-16(19)18-11-13-4-2-3-5-13/h6-9,12-13H,2-5,10-11H2,1H3,(H,18,19). The van der Waals surface area contributed by atoms with Gasteiger partial charge < -0.3 is 5.32 Å². The zero-order valence-corrected chi connectivity index (χ0v) is 11.5. The first-order chi connectivity index (χ1) is 9.15. The maximum Gasteiger partial charge on any atom is 0.220 e. The quantitative estimate of drug-likeness (QED) is 0.863. The molecule has 1 atom stereocenters. The predicted molar refractivity (Wildman–Crippen MR) is 74.4 cm³/mol. The SMILES string of the molecule is CC(CC(=O)NCC1CCCC1)c1ccc(F)cc1. The second kappa shape index (κ2) is 6.69. The van der Waals surface area contributed by atoms with Crippen molar-refractivity contribution in [2.75, 3.05) is 6.54 Å². The van der Waals surface area contributed by atoms with E-state index in [0.29, 0.717) is 12.3 Å². The molecule has 1 amide bonds. The van der Waals surface area contributed by atoms with Crippen LogP contribution in [0.4, 0.5) is 4.39 Å². The molecule has 1 aromatic rings. The largest absolute Gasteiger partial charge is 0.356 e. The Hall–Kier alpha value is -1.38. The van der Waals surface area contributed by atoms with Crippen LogP contribution < -0.4 is 5.32 Å². The molecule has 1 N–H and O–H groups in total. The van der Waals surface area contributed by atoms with Gasteiger partial charge in [0.2, 0.25) is 5.91 Å². The molecule has 2 nitrogen and oxygen atoms in total. The topological polar surface area (TPSA) is 29.1 Å². The van der Waals surface area contributed by atoms with Gasteiger partial charge in [-0.15, -0.1) is 0 Å². The van der Waals surface area contributed by atoms with Crippen molar-refractivity contribution in [2.24, 2.45) is 5.92 Å². The number of carbonyl (C=O) groups excluding carboxylic acids is 1. The summed E-state index contributed by atoms with van der Waals surface area (Å²) < 4.78 is 12.8. The van der Waals surface area contributed by atoms with E-state index in [-0.39, 0.29) is 17.6 Å². The van der Waals surface area contributed by atoms with Gasteiger partial charge in [0.1, 0.15) is 5.82 Å². The average Bonchev–Trinajstić information content (AvgIpc) is 2.90. The summed E-state index contributed by atoms with van der Waals surface area (Å²) in [5.74, 6) is 0.666. The number of carbonyl (C=O) groups is 1. The van der Waals surface area contributed by atoms with E-state index in [4.69, 9.17) is 0 Å². The molecular weight excluding hydrogens is 241 g/mol. The molecule has 1 unspecified atom stereocenters. The molecule has 19 heavy (non-hydrogen) atoms. The third-order valence-electron chi connectivity index (χ3n) is 3.99. The van der Waals surface area contributed by atoms with Gasteiger partial charge in [-0.1, -0.05) is 31.9 Å². The number of rotatable bonds is 5. The first-order valence-electron chi connectivity index (χ1n) is 7.17. The van der Waals surface area contributed by atoms with E-state index in [0.717, 1.165) is 12.1 Å². The highest BCUT2D eigenvalue weighted by atomic mass is 19.1. The molecule has 1 aliphatic carbocycles. The van der Waals surface area contributed by atoms with Gasteiger partial charge in [-0.2, -0.15) is 0 Å². The molecule has 104 valence electrons.